The van der Waals surface area contributed by atoms with Crippen LogP contribution in [-0.4, -0.2) is 21.1 Å². The van der Waals surface area contributed by atoms with Gasteiger partial charge in [0.25, 0.3) is 5.91 Å². The minimum Gasteiger partial charge on any atom is -0.461 e. The van der Waals surface area contributed by atoms with E-state index >= 15 is 0 Å². The molecule has 0 aliphatic rings. The molecule has 3 heterocycles. The Bertz CT molecular complexity index is 699. The quantitative estimate of drug-likeness (QED) is 0.769. The van der Waals surface area contributed by atoms with Crippen LogP contribution >= 0.6 is 11.3 Å². The first-order valence-electron chi connectivity index (χ1n) is 5.56. The number of furan rings is 1. The highest BCUT2D eigenvalue weighted by Gasteiger charge is 2.14. The number of nitrogens with zero attached hydrogens (tertiary/aromatic N) is 2. The van der Waals surface area contributed by atoms with E-state index in [0.29, 0.717) is 16.5 Å². The fourth-order valence-corrected chi connectivity index (χ4v) is 2.43. The van der Waals surface area contributed by atoms with Gasteiger partial charge in [0, 0.05) is 0 Å². The van der Waals surface area contributed by atoms with Gasteiger partial charge in [0.1, 0.15) is 0 Å². The van der Waals surface area contributed by atoms with Gasteiger partial charge in [-0.25, -0.2) is 0 Å². The van der Waals surface area contributed by atoms with Crippen molar-refractivity contribution in [2.75, 3.05) is 5.32 Å². The number of aryl methyl sites for hydroxylation is 1. The lowest BCUT2D eigenvalue weighted by Gasteiger charge is -1.98. The Kier molecular flexibility index (Phi) is 2.88. The molecule has 0 radical (unpaired) electrons. The Labute approximate surface area is 112 Å². The maximum absolute atomic E-state index is 12.0. The molecule has 0 saturated heterocycles. The minimum absolute atomic E-state index is 0.211. The molecule has 0 aromatic carbocycles. The number of H-pyrrole nitrogens is 1. The molecular formula is C12H10N4O2S. The number of amides is 1. The zero-order chi connectivity index (χ0) is 13.2. The van der Waals surface area contributed by atoms with Gasteiger partial charge in [0.2, 0.25) is 5.95 Å². The molecule has 0 spiro atoms. The summed E-state index contributed by atoms with van der Waals surface area (Å²) in [5.74, 6) is 1.06. The Balaban J connectivity index is 1.78. The number of anilines is 1. The maximum atomic E-state index is 12.0. The van der Waals surface area contributed by atoms with Crippen LogP contribution in [0.5, 0.6) is 0 Å². The largest absolute Gasteiger partial charge is 0.461 e. The highest BCUT2D eigenvalue weighted by atomic mass is 32.1. The summed E-state index contributed by atoms with van der Waals surface area (Å²) in [6, 6.07) is 5.41. The van der Waals surface area contributed by atoms with Gasteiger partial charge < -0.3 is 4.42 Å². The highest BCUT2D eigenvalue weighted by Crippen LogP contribution is 2.18. The molecule has 3 aromatic rings. The van der Waals surface area contributed by atoms with E-state index in [1.54, 1.807) is 18.4 Å². The zero-order valence-electron chi connectivity index (χ0n) is 10.0. The van der Waals surface area contributed by atoms with Crippen LogP contribution < -0.4 is 5.32 Å². The second kappa shape index (κ2) is 4.69. The van der Waals surface area contributed by atoms with E-state index in [4.69, 9.17) is 4.42 Å². The number of rotatable bonds is 3. The molecule has 7 heteroatoms. The van der Waals surface area contributed by atoms with Crippen molar-refractivity contribution in [2.24, 2.45) is 0 Å². The molecule has 96 valence electrons. The van der Waals surface area contributed by atoms with Crippen LogP contribution in [0.15, 0.2) is 34.3 Å². The van der Waals surface area contributed by atoms with E-state index in [9.17, 15) is 4.79 Å². The average molecular weight is 274 g/mol. The summed E-state index contributed by atoms with van der Waals surface area (Å²) in [7, 11) is 0. The first-order chi connectivity index (χ1) is 9.24. The standard InChI is InChI=1S/C12H10N4O2S/c1-7-4-6-19-9(7)11(17)14-12-13-10(15-16-12)8-3-2-5-18-8/h2-6H,1H3,(H2,13,14,15,16,17). The highest BCUT2D eigenvalue weighted by molar-refractivity contribution is 7.12. The molecule has 0 saturated carbocycles. The summed E-state index contributed by atoms with van der Waals surface area (Å²) in [6.45, 7) is 1.89. The Morgan fingerprint density at radius 3 is 3.05 bits per heavy atom. The number of hydrogen-bond acceptors (Lipinski definition) is 5. The third kappa shape index (κ3) is 2.27. The van der Waals surface area contributed by atoms with Crippen molar-refractivity contribution in [2.45, 2.75) is 6.92 Å². The molecule has 0 atom stereocenters. The number of hydrogen-bond donors (Lipinski definition) is 2. The number of aromatic amines is 1. The van der Waals surface area contributed by atoms with Crippen LogP contribution in [-0.2, 0) is 0 Å². The first kappa shape index (κ1) is 11.7. The normalized spacial score (nSPS) is 10.6. The van der Waals surface area contributed by atoms with Crippen molar-refractivity contribution < 1.29 is 9.21 Å². The maximum Gasteiger partial charge on any atom is 0.268 e. The SMILES string of the molecule is Cc1ccsc1C(=O)Nc1n[nH]c(-c2ccco2)n1. The molecule has 3 rings (SSSR count). The lowest BCUT2D eigenvalue weighted by atomic mass is 10.3. The summed E-state index contributed by atoms with van der Waals surface area (Å²) < 4.78 is 5.18. The van der Waals surface area contributed by atoms with Crippen LogP contribution in [0.3, 0.4) is 0 Å². The van der Waals surface area contributed by atoms with E-state index in [0.717, 1.165) is 5.56 Å². The predicted molar refractivity (Wildman–Crippen MR) is 71.1 cm³/mol. The monoisotopic (exact) mass is 274 g/mol. The van der Waals surface area contributed by atoms with E-state index < -0.39 is 0 Å². The Morgan fingerprint density at radius 2 is 2.37 bits per heavy atom. The summed E-state index contributed by atoms with van der Waals surface area (Å²) in [5.41, 5.74) is 0.935. The average Bonchev–Trinajstić information content (AvgIpc) is 3.07. The van der Waals surface area contributed by atoms with Gasteiger partial charge in [-0.1, -0.05) is 0 Å². The molecule has 0 aliphatic carbocycles. The molecular weight excluding hydrogens is 264 g/mol. The van der Waals surface area contributed by atoms with Crippen LogP contribution in [0.4, 0.5) is 5.95 Å². The lowest BCUT2D eigenvalue weighted by molar-refractivity contribution is 0.102. The summed E-state index contributed by atoms with van der Waals surface area (Å²) in [5, 5.41) is 11.2. The van der Waals surface area contributed by atoms with Crippen LogP contribution in [0.25, 0.3) is 11.6 Å². The van der Waals surface area contributed by atoms with Gasteiger partial charge in [0.05, 0.1) is 11.1 Å². The van der Waals surface area contributed by atoms with E-state index in [1.807, 2.05) is 18.4 Å². The Hall–Kier alpha value is -2.41. The second-order valence-corrected chi connectivity index (χ2v) is 4.79. The van der Waals surface area contributed by atoms with Gasteiger partial charge in [-0.15, -0.1) is 16.4 Å². The van der Waals surface area contributed by atoms with E-state index in [-0.39, 0.29) is 11.9 Å². The van der Waals surface area contributed by atoms with Gasteiger partial charge in [-0.3, -0.25) is 15.2 Å². The third-order valence-electron chi connectivity index (χ3n) is 2.53. The number of nitrogens with one attached hydrogen (secondary N) is 2. The van der Waals surface area contributed by atoms with Crippen molar-refractivity contribution in [3.63, 3.8) is 0 Å². The number of carbonyl (C=O) groups is 1. The van der Waals surface area contributed by atoms with Gasteiger partial charge >= 0.3 is 0 Å². The summed E-state index contributed by atoms with van der Waals surface area (Å²) in [6.07, 6.45) is 1.55. The number of aromatic nitrogens is 3. The molecule has 19 heavy (non-hydrogen) atoms. The molecule has 1 amide bonds. The summed E-state index contributed by atoms with van der Waals surface area (Å²) in [4.78, 5) is 16.8. The number of carbonyl (C=O) groups excluding carboxylic acids is 1. The second-order valence-electron chi connectivity index (χ2n) is 3.87. The topological polar surface area (TPSA) is 83.8 Å². The van der Waals surface area contributed by atoms with Crippen LogP contribution in [0.2, 0.25) is 0 Å². The van der Waals surface area contributed by atoms with Crippen molar-refractivity contribution >= 4 is 23.2 Å². The fourth-order valence-electron chi connectivity index (χ4n) is 1.60. The third-order valence-corrected chi connectivity index (χ3v) is 3.55. The predicted octanol–water partition coefficient (Wildman–Crippen LogP) is 2.69. The van der Waals surface area contributed by atoms with E-state index in [1.165, 1.54) is 11.3 Å². The fraction of sp³-hybridized carbons (Fsp3) is 0.0833. The molecule has 0 aliphatic heterocycles. The lowest BCUT2D eigenvalue weighted by Crippen LogP contribution is -2.12. The molecule has 0 unspecified atom stereocenters. The van der Waals surface area contributed by atoms with Crippen molar-refractivity contribution in [1.29, 1.82) is 0 Å². The minimum atomic E-state index is -0.211. The summed E-state index contributed by atoms with van der Waals surface area (Å²) >= 11 is 1.39. The van der Waals surface area contributed by atoms with Gasteiger partial charge in [-0.2, -0.15) is 4.98 Å². The van der Waals surface area contributed by atoms with Gasteiger partial charge in [0.15, 0.2) is 11.6 Å². The van der Waals surface area contributed by atoms with Crippen molar-refractivity contribution in [1.82, 2.24) is 15.2 Å². The van der Waals surface area contributed by atoms with Gasteiger partial charge in [-0.05, 0) is 36.1 Å². The number of thiophene rings is 1. The molecule has 0 fully saturated rings. The molecule has 2 N–H and O–H groups in total. The van der Waals surface area contributed by atoms with E-state index in [2.05, 4.69) is 20.5 Å². The molecule has 6 nitrogen and oxygen atoms in total. The smallest absolute Gasteiger partial charge is 0.268 e. The van der Waals surface area contributed by atoms with Crippen LogP contribution in [0, 0.1) is 6.92 Å². The molecule has 3 aromatic heterocycles. The molecule has 0 bridgehead atoms. The van der Waals surface area contributed by atoms with Crippen molar-refractivity contribution in [3.05, 3.63) is 40.3 Å². The van der Waals surface area contributed by atoms with Crippen LogP contribution in [0.1, 0.15) is 15.2 Å². The van der Waals surface area contributed by atoms with Crippen molar-refractivity contribution in [3.8, 4) is 11.6 Å². The first-order valence-corrected chi connectivity index (χ1v) is 6.44. The Morgan fingerprint density at radius 1 is 1.47 bits per heavy atom. The zero-order valence-corrected chi connectivity index (χ0v) is 10.8.